The molecule has 4 aromatic rings. The van der Waals surface area contributed by atoms with E-state index in [1.807, 2.05) is 31.4 Å². The Bertz CT molecular complexity index is 2020. The summed E-state index contributed by atoms with van der Waals surface area (Å²) in [5.41, 5.74) is 7.26. The Balaban J connectivity index is 1.05. The van der Waals surface area contributed by atoms with Crippen LogP contribution >= 0.6 is 0 Å². The summed E-state index contributed by atoms with van der Waals surface area (Å²) < 4.78 is 9.09. The molecule has 0 spiro atoms. The molecule has 3 N–H and O–H groups in total. The van der Waals surface area contributed by atoms with Crippen molar-refractivity contribution in [1.82, 2.24) is 24.0 Å². The van der Waals surface area contributed by atoms with Gasteiger partial charge >= 0.3 is 0 Å². The second-order valence-corrected chi connectivity index (χ2v) is 15.2. The summed E-state index contributed by atoms with van der Waals surface area (Å²) in [4.78, 5) is 43.4. The van der Waals surface area contributed by atoms with Crippen molar-refractivity contribution < 1.29 is 14.6 Å². The molecule has 3 aliphatic heterocycles. The molecule has 2 saturated heterocycles. The summed E-state index contributed by atoms with van der Waals surface area (Å²) >= 11 is 0. The molecule has 1 amide bonds. The molecule has 268 valence electrons. The molecule has 2 fully saturated rings. The number of hydrogen-bond acceptors (Lipinski definition) is 10. The Kier molecular flexibility index (Phi) is 8.39. The molecule has 0 unspecified atom stereocenters. The number of rotatable bonds is 8. The lowest BCUT2D eigenvalue weighted by Crippen LogP contribution is -2.59. The van der Waals surface area contributed by atoms with E-state index in [2.05, 4.69) is 55.7 Å². The first-order valence-corrected chi connectivity index (χ1v) is 17.9. The molecular formula is C38H47N9O4. The summed E-state index contributed by atoms with van der Waals surface area (Å²) in [7, 11) is 3.57. The Hall–Kier alpha value is -4.72. The number of aromatic nitrogens is 4. The van der Waals surface area contributed by atoms with E-state index >= 15 is 0 Å². The van der Waals surface area contributed by atoms with Crippen molar-refractivity contribution in [2.45, 2.75) is 58.8 Å². The minimum absolute atomic E-state index is 0.140. The van der Waals surface area contributed by atoms with E-state index < -0.39 is 0 Å². The maximum atomic E-state index is 14.2. The van der Waals surface area contributed by atoms with E-state index in [0.29, 0.717) is 64.9 Å². The van der Waals surface area contributed by atoms with Gasteiger partial charge in [0.2, 0.25) is 0 Å². The smallest absolute Gasteiger partial charge is 0.278 e. The highest BCUT2D eigenvalue weighted by Crippen LogP contribution is 2.45. The van der Waals surface area contributed by atoms with Crippen LogP contribution in [0.3, 0.4) is 0 Å². The first-order valence-electron chi connectivity index (χ1n) is 17.9. The van der Waals surface area contributed by atoms with E-state index in [-0.39, 0.29) is 23.5 Å². The minimum atomic E-state index is -0.331. The van der Waals surface area contributed by atoms with Crippen LogP contribution in [0.1, 0.15) is 48.1 Å². The first-order chi connectivity index (χ1) is 24.6. The fraction of sp³-hybridized carbons (Fsp3) is 0.474. The van der Waals surface area contributed by atoms with Crippen molar-refractivity contribution in [2.75, 3.05) is 66.9 Å². The quantitative estimate of drug-likeness (QED) is 0.252. The predicted octanol–water partition coefficient (Wildman–Crippen LogP) is 3.62. The third kappa shape index (κ3) is 5.77. The topological polar surface area (TPSA) is 133 Å². The Morgan fingerprint density at radius 3 is 2.57 bits per heavy atom. The summed E-state index contributed by atoms with van der Waals surface area (Å²) in [5, 5.41) is 17.3. The number of aliphatic hydroxyl groups excluding tert-OH is 1. The van der Waals surface area contributed by atoms with Gasteiger partial charge in [-0.25, -0.2) is 9.97 Å². The zero-order chi connectivity index (χ0) is 35.6. The second-order valence-electron chi connectivity index (χ2n) is 15.2. The highest BCUT2D eigenvalue weighted by Gasteiger charge is 2.41. The molecule has 0 radical (unpaired) electrons. The van der Waals surface area contributed by atoms with E-state index in [4.69, 9.17) is 4.74 Å². The molecule has 4 aromatic heterocycles. The normalized spacial score (nSPS) is 20.3. The summed E-state index contributed by atoms with van der Waals surface area (Å²) in [5.74, 6) is 0.840. The van der Waals surface area contributed by atoms with Gasteiger partial charge in [-0.2, -0.15) is 0 Å². The number of fused-ring (bicyclic) bond motifs is 3. The van der Waals surface area contributed by atoms with Crippen LogP contribution in [0.25, 0.3) is 11.1 Å². The van der Waals surface area contributed by atoms with Gasteiger partial charge in [0.1, 0.15) is 23.0 Å². The van der Waals surface area contributed by atoms with Crippen LogP contribution in [0, 0.1) is 5.41 Å². The zero-order valence-corrected chi connectivity index (χ0v) is 30.1. The molecule has 0 saturated carbocycles. The van der Waals surface area contributed by atoms with Crippen LogP contribution in [-0.4, -0.2) is 93.5 Å². The Morgan fingerprint density at radius 2 is 1.88 bits per heavy atom. The van der Waals surface area contributed by atoms with Crippen molar-refractivity contribution >= 4 is 34.6 Å². The molecule has 13 heteroatoms. The fourth-order valence-corrected chi connectivity index (χ4v) is 8.47. The van der Waals surface area contributed by atoms with Crippen LogP contribution in [0.5, 0.6) is 0 Å². The number of pyridine rings is 3. The first kappa shape index (κ1) is 33.4. The molecule has 8 rings (SSSR count). The van der Waals surface area contributed by atoms with Gasteiger partial charge in [0.25, 0.3) is 11.5 Å². The number of nitrogens with zero attached hydrogens (tertiary/aromatic N) is 7. The van der Waals surface area contributed by atoms with Crippen LogP contribution in [-0.2, 0) is 37.8 Å². The molecule has 7 heterocycles. The van der Waals surface area contributed by atoms with Gasteiger partial charge in [0.05, 0.1) is 43.4 Å². The standard InChI is InChI=1S/C38H47N9O4/c1-23-18-44(26-21-51-22-26)10-11-45(23)25-6-7-32(41-17-25)42-30-14-24(19-43(5)36(30)49)27-8-9-40-35(29(27)20-48)47-13-12-46-31-16-38(2,3)15-28(31)33(39-4)34(46)37(47)50/h6-9,14,17,19,23,26,39,48H,10-13,15-16,18,20-22H2,1-5H3,(H,41,42)/t23-/m0/s1. The molecule has 51 heavy (non-hydrogen) atoms. The number of aryl methyl sites for hydroxylation is 1. The molecule has 4 aliphatic rings. The van der Waals surface area contributed by atoms with Gasteiger partial charge in [-0.3, -0.25) is 19.4 Å². The maximum absolute atomic E-state index is 14.2. The largest absolute Gasteiger partial charge is 0.392 e. The van der Waals surface area contributed by atoms with Gasteiger partial charge in [-0.05, 0) is 60.6 Å². The van der Waals surface area contributed by atoms with Crippen LogP contribution in [0.4, 0.5) is 28.7 Å². The number of anilines is 5. The Labute approximate surface area is 297 Å². The Morgan fingerprint density at radius 1 is 1.06 bits per heavy atom. The summed E-state index contributed by atoms with van der Waals surface area (Å²) in [6.07, 6.45) is 7.10. The zero-order valence-electron chi connectivity index (χ0n) is 30.1. The van der Waals surface area contributed by atoms with Crippen molar-refractivity contribution in [3.05, 3.63) is 75.7 Å². The lowest BCUT2D eigenvalue weighted by Gasteiger charge is -2.46. The highest BCUT2D eigenvalue weighted by molar-refractivity contribution is 6.10. The van der Waals surface area contributed by atoms with Crippen LogP contribution in [0.15, 0.2) is 47.7 Å². The average molecular weight is 694 g/mol. The van der Waals surface area contributed by atoms with Crippen molar-refractivity contribution in [3.8, 4) is 11.1 Å². The third-order valence-electron chi connectivity index (χ3n) is 11.1. The monoisotopic (exact) mass is 693 g/mol. The summed E-state index contributed by atoms with van der Waals surface area (Å²) in [6.45, 7) is 12.1. The van der Waals surface area contributed by atoms with Gasteiger partial charge in [0.15, 0.2) is 0 Å². The van der Waals surface area contributed by atoms with Crippen molar-refractivity contribution in [3.63, 3.8) is 0 Å². The predicted molar refractivity (Wildman–Crippen MR) is 198 cm³/mol. The third-order valence-corrected chi connectivity index (χ3v) is 11.1. The second kappa shape index (κ2) is 12.8. The highest BCUT2D eigenvalue weighted by atomic mass is 16.5. The number of nitrogens with one attached hydrogen (secondary N) is 2. The number of ether oxygens (including phenoxy) is 1. The maximum Gasteiger partial charge on any atom is 0.278 e. The van der Waals surface area contributed by atoms with Gasteiger partial charge in [-0.15, -0.1) is 0 Å². The molecule has 1 aliphatic carbocycles. The van der Waals surface area contributed by atoms with Gasteiger partial charge in [0, 0.05) is 82.1 Å². The van der Waals surface area contributed by atoms with E-state index in [1.54, 1.807) is 30.4 Å². The minimum Gasteiger partial charge on any atom is -0.392 e. The lowest BCUT2D eigenvalue weighted by molar-refractivity contribution is -0.0691. The van der Waals surface area contributed by atoms with Crippen molar-refractivity contribution in [2.24, 2.45) is 12.5 Å². The lowest BCUT2D eigenvalue weighted by atomic mass is 9.90. The molecule has 0 bridgehead atoms. The van der Waals surface area contributed by atoms with Gasteiger partial charge in [-0.1, -0.05) is 13.8 Å². The van der Waals surface area contributed by atoms with Gasteiger partial charge < -0.3 is 34.5 Å². The number of hydrogen-bond donors (Lipinski definition) is 3. The average Bonchev–Trinajstić information content (AvgIpc) is 3.56. The number of piperazine rings is 1. The van der Waals surface area contributed by atoms with E-state index in [1.165, 1.54) is 15.8 Å². The number of carbonyl (C=O) groups excluding carboxylic acids is 1. The van der Waals surface area contributed by atoms with Crippen LogP contribution < -0.4 is 26.0 Å². The summed E-state index contributed by atoms with van der Waals surface area (Å²) in [6, 6.07) is 8.41. The number of aliphatic hydroxyl groups is 1. The van der Waals surface area contributed by atoms with E-state index in [0.717, 1.165) is 57.1 Å². The fourth-order valence-electron chi connectivity index (χ4n) is 8.47. The van der Waals surface area contributed by atoms with E-state index in [9.17, 15) is 14.7 Å². The number of carbonyl (C=O) groups is 1. The molecular weight excluding hydrogens is 646 g/mol. The molecule has 1 atom stereocenters. The number of amides is 1. The molecule has 13 nitrogen and oxygen atoms in total. The SMILES string of the molecule is CNc1c2c(n3c1C(=O)N(c1nccc(-c4cc(Nc5ccc(N6CCN(C7COC7)C[C@@H]6C)cn5)c(=O)n(C)c4)c1CO)CC3)CC(C)(C)C2. The van der Waals surface area contributed by atoms with Crippen molar-refractivity contribution in [1.29, 1.82) is 0 Å². The van der Waals surface area contributed by atoms with Crippen LogP contribution in [0.2, 0.25) is 0 Å². The molecule has 0 aromatic carbocycles.